The van der Waals surface area contributed by atoms with Crippen LogP contribution in [0, 0.1) is 0 Å². The van der Waals surface area contributed by atoms with Crippen LogP contribution < -0.4 is 5.73 Å². The van der Waals surface area contributed by atoms with Crippen molar-refractivity contribution in [2.75, 3.05) is 5.73 Å². The van der Waals surface area contributed by atoms with Gasteiger partial charge in [-0.2, -0.15) is 0 Å². The van der Waals surface area contributed by atoms with Gasteiger partial charge in [0.2, 0.25) is 0 Å². The van der Waals surface area contributed by atoms with Gasteiger partial charge in [-0.3, -0.25) is 0 Å². The van der Waals surface area contributed by atoms with Crippen molar-refractivity contribution in [2.24, 2.45) is 0 Å². The number of fused-ring (bicyclic) bond motifs is 1. The van der Waals surface area contributed by atoms with Gasteiger partial charge in [0, 0.05) is 24.3 Å². The summed E-state index contributed by atoms with van der Waals surface area (Å²) in [4.78, 5) is 9.18. The zero-order chi connectivity index (χ0) is 14.1. The molecule has 2 aromatic heterocycles. The second-order valence-electron chi connectivity index (χ2n) is 5.26. The van der Waals surface area contributed by atoms with E-state index in [2.05, 4.69) is 29.5 Å². The summed E-state index contributed by atoms with van der Waals surface area (Å²) in [5.41, 5.74) is 9.69. The number of hydrogen-bond donors (Lipinski definition) is 1. The summed E-state index contributed by atoms with van der Waals surface area (Å²) in [6.45, 7) is 4.30. The smallest absolute Gasteiger partial charge is 0.160 e. The van der Waals surface area contributed by atoms with Crippen LogP contribution in [0.25, 0.3) is 11.2 Å². The number of rotatable bonds is 3. The molecule has 0 radical (unpaired) electrons. The van der Waals surface area contributed by atoms with Gasteiger partial charge in [0.25, 0.3) is 0 Å². The molecule has 0 spiro atoms. The lowest BCUT2D eigenvalue weighted by Crippen LogP contribution is -2.07. The van der Waals surface area contributed by atoms with Gasteiger partial charge in [0.1, 0.15) is 11.3 Å². The topological polar surface area (TPSA) is 56.7 Å². The van der Waals surface area contributed by atoms with Crippen molar-refractivity contribution in [3.63, 3.8) is 0 Å². The number of anilines is 1. The second-order valence-corrected chi connectivity index (χ2v) is 5.26. The molecule has 0 amide bonds. The van der Waals surface area contributed by atoms with Gasteiger partial charge in [-0.05, 0) is 43.7 Å². The SMILES string of the molecule is CC(C)n1c(Cc2cccc(N)c2)nc2cccnc21. The summed E-state index contributed by atoms with van der Waals surface area (Å²) < 4.78 is 2.19. The molecule has 0 fully saturated rings. The zero-order valence-electron chi connectivity index (χ0n) is 11.7. The van der Waals surface area contributed by atoms with Crippen LogP contribution in [0.15, 0.2) is 42.6 Å². The molecule has 0 bridgehead atoms. The van der Waals surface area contributed by atoms with E-state index in [-0.39, 0.29) is 0 Å². The van der Waals surface area contributed by atoms with E-state index in [9.17, 15) is 0 Å². The maximum absolute atomic E-state index is 5.85. The van der Waals surface area contributed by atoms with Crippen molar-refractivity contribution < 1.29 is 0 Å². The van der Waals surface area contributed by atoms with Crippen molar-refractivity contribution in [1.82, 2.24) is 14.5 Å². The third-order valence-corrected chi connectivity index (χ3v) is 3.35. The van der Waals surface area contributed by atoms with Crippen LogP contribution in [0.1, 0.15) is 31.3 Å². The first kappa shape index (κ1) is 12.7. The first-order valence-corrected chi connectivity index (χ1v) is 6.81. The van der Waals surface area contributed by atoms with E-state index in [1.54, 1.807) is 0 Å². The molecule has 3 aromatic rings. The normalized spacial score (nSPS) is 11.3. The molecule has 2 heterocycles. The van der Waals surface area contributed by atoms with Gasteiger partial charge < -0.3 is 10.3 Å². The molecular formula is C16H18N4. The molecule has 20 heavy (non-hydrogen) atoms. The van der Waals surface area contributed by atoms with E-state index in [0.717, 1.165) is 29.1 Å². The van der Waals surface area contributed by atoms with Crippen LogP contribution in [-0.4, -0.2) is 14.5 Å². The molecule has 2 N–H and O–H groups in total. The number of nitrogens with two attached hydrogens (primary N) is 1. The summed E-state index contributed by atoms with van der Waals surface area (Å²) in [6.07, 6.45) is 2.58. The van der Waals surface area contributed by atoms with E-state index < -0.39 is 0 Å². The summed E-state index contributed by atoms with van der Waals surface area (Å²) in [6, 6.07) is 12.2. The number of aromatic nitrogens is 3. The largest absolute Gasteiger partial charge is 0.399 e. The van der Waals surface area contributed by atoms with Gasteiger partial charge in [-0.15, -0.1) is 0 Å². The monoisotopic (exact) mass is 266 g/mol. The molecule has 4 nitrogen and oxygen atoms in total. The van der Waals surface area contributed by atoms with E-state index in [4.69, 9.17) is 10.7 Å². The summed E-state index contributed by atoms with van der Waals surface area (Å²) >= 11 is 0. The molecule has 4 heteroatoms. The summed E-state index contributed by atoms with van der Waals surface area (Å²) in [5, 5.41) is 0. The Kier molecular flexibility index (Phi) is 3.14. The Bertz CT molecular complexity index is 743. The molecule has 0 atom stereocenters. The lowest BCUT2D eigenvalue weighted by molar-refractivity contribution is 0.587. The van der Waals surface area contributed by atoms with Crippen LogP contribution in [0.4, 0.5) is 5.69 Å². The highest BCUT2D eigenvalue weighted by Gasteiger charge is 2.14. The fraction of sp³-hybridized carbons (Fsp3) is 0.250. The lowest BCUT2D eigenvalue weighted by atomic mass is 10.1. The quantitative estimate of drug-likeness (QED) is 0.741. The molecule has 0 aliphatic carbocycles. The second kappa shape index (κ2) is 4.96. The number of nitrogens with zero attached hydrogens (tertiary/aromatic N) is 3. The maximum Gasteiger partial charge on any atom is 0.160 e. The van der Waals surface area contributed by atoms with E-state index in [1.807, 2.05) is 36.5 Å². The van der Waals surface area contributed by atoms with Crippen LogP contribution in [0.3, 0.4) is 0 Å². The molecule has 0 aliphatic rings. The number of benzene rings is 1. The Morgan fingerprint density at radius 1 is 1.20 bits per heavy atom. The molecule has 1 aromatic carbocycles. The van der Waals surface area contributed by atoms with Gasteiger partial charge in [-0.25, -0.2) is 9.97 Å². The number of pyridine rings is 1. The highest BCUT2D eigenvalue weighted by atomic mass is 15.1. The Hall–Kier alpha value is -2.36. The first-order valence-electron chi connectivity index (χ1n) is 6.81. The zero-order valence-corrected chi connectivity index (χ0v) is 11.7. The van der Waals surface area contributed by atoms with Crippen LogP contribution in [0.5, 0.6) is 0 Å². The predicted octanol–water partition coefficient (Wildman–Crippen LogP) is 3.19. The molecule has 102 valence electrons. The minimum Gasteiger partial charge on any atom is -0.399 e. The van der Waals surface area contributed by atoms with Crippen LogP contribution in [0.2, 0.25) is 0 Å². The minimum atomic E-state index is 0.325. The Labute approximate surface area is 118 Å². The molecular weight excluding hydrogens is 248 g/mol. The Morgan fingerprint density at radius 2 is 2.05 bits per heavy atom. The predicted molar refractivity (Wildman–Crippen MR) is 81.6 cm³/mol. The fourth-order valence-electron chi connectivity index (χ4n) is 2.53. The Balaban J connectivity index is 2.09. The number of nitrogen functional groups attached to an aromatic ring is 1. The highest BCUT2D eigenvalue weighted by Crippen LogP contribution is 2.21. The van der Waals surface area contributed by atoms with Gasteiger partial charge in [-0.1, -0.05) is 12.1 Å². The summed E-state index contributed by atoms with van der Waals surface area (Å²) in [5.74, 6) is 1.03. The molecule has 0 aliphatic heterocycles. The van der Waals surface area contributed by atoms with Crippen molar-refractivity contribution in [2.45, 2.75) is 26.3 Å². The van der Waals surface area contributed by atoms with Gasteiger partial charge in [0.15, 0.2) is 5.65 Å². The van der Waals surface area contributed by atoms with E-state index >= 15 is 0 Å². The summed E-state index contributed by atoms with van der Waals surface area (Å²) in [7, 11) is 0. The highest BCUT2D eigenvalue weighted by molar-refractivity contribution is 5.71. The average molecular weight is 266 g/mol. The minimum absolute atomic E-state index is 0.325. The third-order valence-electron chi connectivity index (χ3n) is 3.35. The van der Waals surface area contributed by atoms with Gasteiger partial charge >= 0.3 is 0 Å². The Morgan fingerprint density at radius 3 is 2.80 bits per heavy atom. The maximum atomic E-state index is 5.85. The molecule has 0 saturated carbocycles. The fourth-order valence-corrected chi connectivity index (χ4v) is 2.53. The van der Waals surface area contributed by atoms with Crippen molar-refractivity contribution in [3.8, 4) is 0 Å². The van der Waals surface area contributed by atoms with Crippen molar-refractivity contribution in [3.05, 3.63) is 54.0 Å². The van der Waals surface area contributed by atoms with E-state index in [1.165, 1.54) is 5.56 Å². The first-order chi connectivity index (χ1) is 9.65. The standard InChI is InChI=1S/C16H18N4/c1-11(2)20-15(10-12-5-3-6-13(17)9-12)19-14-7-4-8-18-16(14)20/h3-9,11H,10,17H2,1-2H3. The third kappa shape index (κ3) is 2.25. The van der Waals surface area contributed by atoms with E-state index in [0.29, 0.717) is 6.04 Å². The number of imidazole rings is 1. The number of hydrogen-bond acceptors (Lipinski definition) is 3. The molecule has 0 saturated heterocycles. The lowest BCUT2D eigenvalue weighted by Gasteiger charge is -2.12. The van der Waals surface area contributed by atoms with Crippen molar-refractivity contribution in [1.29, 1.82) is 0 Å². The average Bonchev–Trinajstić information content (AvgIpc) is 2.76. The molecule has 0 unspecified atom stereocenters. The van der Waals surface area contributed by atoms with Crippen LogP contribution >= 0.6 is 0 Å². The van der Waals surface area contributed by atoms with Gasteiger partial charge in [0.05, 0.1) is 0 Å². The molecule has 3 rings (SSSR count). The van der Waals surface area contributed by atoms with Crippen molar-refractivity contribution >= 4 is 16.9 Å². The van der Waals surface area contributed by atoms with Crippen LogP contribution in [-0.2, 0) is 6.42 Å².